The van der Waals surface area contributed by atoms with Crippen molar-refractivity contribution in [2.45, 2.75) is 12.8 Å². The molecule has 0 saturated heterocycles. The molecule has 0 fully saturated rings. The number of aliphatic carboxylic acids is 1. The lowest BCUT2D eigenvalue weighted by Crippen LogP contribution is -1.98. The van der Waals surface area contributed by atoms with Crippen molar-refractivity contribution in [2.24, 2.45) is 0 Å². The first-order valence-corrected chi connectivity index (χ1v) is 5.70. The molecule has 2 aromatic rings. The Morgan fingerprint density at radius 3 is 2.81 bits per heavy atom. The largest absolute Gasteiger partial charge is 0.481 e. The van der Waals surface area contributed by atoms with Crippen LogP contribution in [0.4, 0.5) is 0 Å². The van der Waals surface area contributed by atoms with Gasteiger partial charge in [0.15, 0.2) is 0 Å². The Bertz CT molecular complexity index is 482. The van der Waals surface area contributed by atoms with Crippen molar-refractivity contribution in [3.63, 3.8) is 0 Å². The van der Waals surface area contributed by atoms with Crippen LogP contribution in [0.2, 0.25) is 0 Å². The molecule has 1 N–H and O–H groups in total. The van der Waals surface area contributed by atoms with Crippen LogP contribution in [0.3, 0.4) is 0 Å². The van der Waals surface area contributed by atoms with Crippen LogP contribution in [0, 0.1) is 0 Å². The number of aryl methyl sites for hydroxylation is 1. The highest BCUT2D eigenvalue weighted by Crippen LogP contribution is 2.27. The number of rotatable bonds is 4. The van der Waals surface area contributed by atoms with Gasteiger partial charge in [0.05, 0.1) is 22.5 Å². The van der Waals surface area contributed by atoms with Gasteiger partial charge in [0.1, 0.15) is 0 Å². The molecule has 0 aromatic carbocycles. The summed E-state index contributed by atoms with van der Waals surface area (Å²) in [4.78, 5) is 19.7. The van der Waals surface area contributed by atoms with E-state index in [4.69, 9.17) is 5.11 Å². The SMILES string of the molecule is O=C(O)CCc1ncsc1-c1ccncc1. The first-order valence-electron chi connectivity index (χ1n) is 4.82. The maximum atomic E-state index is 10.5. The first kappa shape index (κ1) is 10.8. The Hall–Kier alpha value is -1.75. The van der Waals surface area contributed by atoms with E-state index in [0.717, 1.165) is 16.1 Å². The molecule has 2 heterocycles. The lowest BCUT2D eigenvalue weighted by atomic mass is 10.1. The summed E-state index contributed by atoms with van der Waals surface area (Å²) in [5.41, 5.74) is 3.63. The summed E-state index contributed by atoms with van der Waals surface area (Å²) < 4.78 is 0. The van der Waals surface area contributed by atoms with Gasteiger partial charge in [0.25, 0.3) is 0 Å². The molecule has 2 aromatic heterocycles. The molecular formula is C11H10N2O2S. The van der Waals surface area contributed by atoms with Crippen LogP contribution in [0.15, 0.2) is 30.0 Å². The number of carbonyl (C=O) groups is 1. The second kappa shape index (κ2) is 4.85. The highest BCUT2D eigenvalue weighted by atomic mass is 32.1. The number of carboxylic acids is 1. The number of hydrogen-bond acceptors (Lipinski definition) is 4. The zero-order chi connectivity index (χ0) is 11.4. The van der Waals surface area contributed by atoms with E-state index in [-0.39, 0.29) is 6.42 Å². The number of hydrogen-bond donors (Lipinski definition) is 1. The molecule has 0 aliphatic rings. The Kier molecular flexibility index (Phi) is 3.26. The second-order valence-electron chi connectivity index (χ2n) is 3.26. The smallest absolute Gasteiger partial charge is 0.303 e. The zero-order valence-electron chi connectivity index (χ0n) is 8.46. The molecule has 2 rings (SSSR count). The lowest BCUT2D eigenvalue weighted by Gasteiger charge is -2.00. The third kappa shape index (κ3) is 2.43. The Balaban J connectivity index is 2.23. The maximum Gasteiger partial charge on any atom is 0.303 e. The average molecular weight is 234 g/mol. The predicted molar refractivity (Wildman–Crippen MR) is 61.3 cm³/mol. The summed E-state index contributed by atoms with van der Waals surface area (Å²) >= 11 is 1.52. The summed E-state index contributed by atoms with van der Waals surface area (Å²) in [5.74, 6) is -0.798. The number of nitrogens with zero attached hydrogens (tertiary/aromatic N) is 2. The topological polar surface area (TPSA) is 63.1 Å². The van der Waals surface area contributed by atoms with Crippen LogP contribution in [0.1, 0.15) is 12.1 Å². The molecule has 0 aliphatic heterocycles. The third-order valence-corrected chi connectivity index (χ3v) is 3.08. The van der Waals surface area contributed by atoms with Crippen molar-refractivity contribution < 1.29 is 9.90 Å². The zero-order valence-corrected chi connectivity index (χ0v) is 9.28. The van der Waals surface area contributed by atoms with Crippen molar-refractivity contribution in [1.29, 1.82) is 0 Å². The van der Waals surface area contributed by atoms with Gasteiger partial charge in [-0.25, -0.2) is 4.98 Å². The second-order valence-corrected chi connectivity index (χ2v) is 4.11. The molecule has 0 unspecified atom stereocenters. The molecule has 0 amide bonds. The predicted octanol–water partition coefficient (Wildman–Crippen LogP) is 2.22. The fraction of sp³-hybridized carbons (Fsp3) is 0.182. The Morgan fingerprint density at radius 1 is 1.38 bits per heavy atom. The van der Waals surface area contributed by atoms with E-state index in [0.29, 0.717) is 6.42 Å². The first-order chi connectivity index (χ1) is 7.77. The molecule has 0 aliphatic carbocycles. The van der Waals surface area contributed by atoms with E-state index >= 15 is 0 Å². The molecule has 16 heavy (non-hydrogen) atoms. The minimum absolute atomic E-state index is 0.113. The molecular weight excluding hydrogens is 224 g/mol. The van der Waals surface area contributed by atoms with E-state index in [9.17, 15) is 4.79 Å². The highest BCUT2D eigenvalue weighted by Gasteiger charge is 2.09. The third-order valence-electron chi connectivity index (χ3n) is 2.16. The van der Waals surface area contributed by atoms with Gasteiger partial charge in [-0.2, -0.15) is 0 Å². The van der Waals surface area contributed by atoms with Gasteiger partial charge in [-0.05, 0) is 17.7 Å². The molecule has 0 atom stereocenters. The van der Waals surface area contributed by atoms with Crippen LogP contribution in [0.25, 0.3) is 10.4 Å². The number of thiazole rings is 1. The van der Waals surface area contributed by atoms with Crippen LogP contribution in [0.5, 0.6) is 0 Å². The van der Waals surface area contributed by atoms with Crippen LogP contribution in [-0.4, -0.2) is 21.0 Å². The van der Waals surface area contributed by atoms with E-state index < -0.39 is 5.97 Å². The van der Waals surface area contributed by atoms with Crippen LogP contribution in [-0.2, 0) is 11.2 Å². The molecule has 0 bridgehead atoms. The van der Waals surface area contributed by atoms with Gasteiger partial charge in [-0.3, -0.25) is 9.78 Å². The van der Waals surface area contributed by atoms with Crippen molar-refractivity contribution in [1.82, 2.24) is 9.97 Å². The molecule has 5 heteroatoms. The standard InChI is InChI=1S/C11H10N2O2S/c14-10(15)2-1-9-11(16-7-13-9)8-3-5-12-6-4-8/h3-7H,1-2H2,(H,14,15). The van der Waals surface area contributed by atoms with E-state index in [1.165, 1.54) is 11.3 Å². The van der Waals surface area contributed by atoms with Gasteiger partial charge in [-0.15, -0.1) is 11.3 Å². The maximum absolute atomic E-state index is 10.5. The van der Waals surface area contributed by atoms with Crippen molar-refractivity contribution in [2.75, 3.05) is 0 Å². The number of carboxylic acid groups (broad SMARTS) is 1. The quantitative estimate of drug-likeness (QED) is 0.881. The Labute approximate surface area is 96.6 Å². The minimum Gasteiger partial charge on any atom is -0.481 e. The Morgan fingerprint density at radius 2 is 2.12 bits per heavy atom. The molecule has 4 nitrogen and oxygen atoms in total. The van der Waals surface area contributed by atoms with Crippen LogP contribution >= 0.6 is 11.3 Å². The average Bonchev–Trinajstić information content (AvgIpc) is 2.75. The summed E-state index contributed by atoms with van der Waals surface area (Å²) in [6.07, 6.45) is 4.02. The van der Waals surface area contributed by atoms with Gasteiger partial charge in [-0.1, -0.05) is 0 Å². The monoisotopic (exact) mass is 234 g/mol. The summed E-state index contributed by atoms with van der Waals surface area (Å²) in [5, 5.41) is 8.64. The fourth-order valence-electron chi connectivity index (χ4n) is 1.41. The van der Waals surface area contributed by atoms with Gasteiger partial charge >= 0.3 is 5.97 Å². The number of pyridine rings is 1. The van der Waals surface area contributed by atoms with Crippen LogP contribution < -0.4 is 0 Å². The van der Waals surface area contributed by atoms with Crippen molar-refractivity contribution >= 4 is 17.3 Å². The van der Waals surface area contributed by atoms with Gasteiger partial charge < -0.3 is 5.11 Å². The minimum atomic E-state index is -0.798. The molecule has 82 valence electrons. The number of aromatic nitrogens is 2. The summed E-state index contributed by atoms with van der Waals surface area (Å²) in [6.45, 7) is 0. The van der Waals surface area contributed by atoms with Crippen molar-refractivity contribution in [3.8, 4) is 10.4 Å². The summed E-state index contributed by atoms with van der Waals surface area (Å²) in [6, 6.07) is 3.80. The highest BCUT2D eigenvalue weighted by molar-refractivity contribution is 7.13. The lowest BCUT2D eigenvalue weighted by molar-refractivity contribution is -0.136. The van der Waals surface area contributed by atoms with E-state index in [2.05, 4.69) is 9.97 Å². The fourth-order valence-corrected chi connectivity index (χ4v) is 2.26. The van der Waals surface area contributed by atoms with Gasteiger partial charge in [0.2, 0.25) is 0 Å². The molecule has 0 radical (unpaired) electrons. The van der Waals surface area contributed by atoms with E-state index in [1.54, 1.807) is 17.9 Å². The molecule has 0 saturated carbocycles. The molecule has 0 spiro atoms. The van der Waals surface area contributed by atoms with Crippen molar-refractivity contribution in [3.05, 3.63) is 35.7 Å². The van der Waals surface area contributed by atoms with E-state index in [1.807, 2.05) is 12.1 Å². The summed E-state index contributed by atoms with van der Waals surface area (Å²) in [7, 11) is 0. The van der Waals surface area contributed by atoms with Gasteiger partial charge in [0, 0.05) is 18.8 Å². The normalized spacial score (nSPS) is 10.2.